The van der Waals surface area contributed by atoms with Gasteiger partial charge in [0, 0.05) is 0 Å². The predicted molar refractivity (Wildman–Crippen MR) is 41.5 cm³/mol. The van der Waals surface area contributed by atoms with E-state index in [0.29, 0.717) is 0 Å². The topological polar surface area (TPSA) is 18.5 Å². The summed E-state index contributed by atoms with van der Waals surface area (Å²) in [5, 5.41) is 0. The van der Waals surface area contributed by atoms with Gasteiger partial charge in [-0.25, -0.2) is 0 Å². The molecule has 0 aromatic heterocycles. The summed E-state index contributed by atoms with van der Waals surface area (Å²) < 4.78 is 9.89. The van der Waals surface area contributed by atoms with Crippen molar-refractivity contribution in [1.29, 1.82) is 0 Å². The predicted octanol–water partition coefficient (Wildman–Crippen LogP) is -2.33. The maximum Gasteiger partial charge on any atom is 0.0701 e. The van der Waals surface area contributed by atoms with Gasteiger partial charge in [-0.05, 0) is 19.5 Å². The van der Waals surface area contributed by atoms with Gasteiger partial charge in [-0.15, -0.1) is 0 Å². The van der Waals surface area contributed by atoms with E-state index in [9.17, 15) is 0 Å². The van der Waals surface area contributed by atoms with E-state index in [-0.39, 0.29) is 0 Å². The zero-order chi connectivity index (χ0) is 6.24. The number of hydrogen-bond donors (Lipinski definition) is 0. The lowest BCUT2D eigenvalue weighted by atomic mass is 10.6. The second-order valence-corrected chi connectivity index (χ2v) is 1.22. The molecule has 0 saturated carbocycles. The molecule has 1 saturated heterocycles. The average molecular weight is 150 g/mol. The van der Waals surface area contributed by atoms with Crippen molar-refractivity contribution >= 4 is 19.5 Å². The van der Waals surface area contributed by atoms with E-state index in [1.807, 2.05) is 0 Å². The van der Waals surface area contributed by atoms with Gasteiger partial charge in [0.1, 0.15) is 0 Å². The molecule has 0 aromatic rings. The van der Waals surface area contributed by atoms with Crippen LogP contribution in [0.3, 0.4) is 0 Å². The van der Waals surface area contributed by atoms with Gasteiger partial charge in [0.25, 0.3) is 0 Å². The van der Waals surface area contributed by atoms with E-state index < -0.39 is 0 Å². The standard InChI is InChI=1S/C4H8O2.H6Si2/c1-2-6-4-3-5-1;1-2/h1-4H2;1-2H3. The van der Waals surface area contributed by atoms with Crippen molar-refractivity contribution in [3.05, 3.63) is 0 Å². The Bertz CT molecular complexity index is 27.5. The molecule has 0 atom stereocenters. The molecule has 0 amide bonds. The van der Waals surface area contributed by atoms with Gasteiger partial charge in [0.05, 0.1) is 26.4 Å². The van der Waals surface area contributed by atoms with E-state index in [2.05, 4.69) is 0 Å². The molecule has 4 heteroatoms. The van der Waals surface area contributed by atoms with Crippen molar-refractivity contribution in [3.63, 3.8) is 0 Å². The Hall–Kier alpha value is 0.354. The second kappa shape index (κ2) is 7.35. The molecule has 0 bridgehead atoms. The highest BCUT2D eigenvalue weighted by atomic mass is 29.1. The maximum atomic E-state index is 4.94. The average Bonchev–Trinajstić information content (AvgIpc) is 1.96. The van der Waals surface area contributed by atoms with Gasteiger partial charge < -0.3 is 9.47 Å². The van der Waals surface area contributed by atoms with Gasteiger partial charge in [-0.3, -0.25) is 0 Å². The molecule has 0 aromatic carbocycles. The Labute approximate surface area is 56.2 Å². The minimum absolute atomic E-state index is 0.778. The van der Waals surface area contributed by atoms with Crippen molar-refractivity contribution in [1.82, 2.24) is 0 Å². The molecular formula is C4H14O2Si2. The van der Waals surface area contributed by atoms with E-state index in [1.165, 1.54) is 19.5 Å². The highest BCUT2D eigenvalue weighted by Crippen LogP contribution is 1.85. The lowest BCUT2D eigenvalue weighted by molar-refractivity contribution is -0.0334. The fourth-order valence-corrected chi connectivity index (χ4v) is 0.440. The molecule has 0 aliphatic carbocycles. The molecule has 1 rings (SSSR count). The quantitative estimate of drug-likeness (QED) is 0.361. The number of rotatable bonds is 0. The van der Waals surface area contributed by atoms with E-state index in [4.69, 9.17) is 9.47 Å². The molecule has 1 heterocycles. The molecule has 0 unspecified atom stereocenters. The minimum atomic E-state index is 0.778. The van der Waals surface area contributed by atoms with Crippen LogP contribution in [0.15, 0.2) is 0 Å². The summed E-state index contributed by atoms with van der Waals surface area (Å²) in [6.07, 6.45) is 0. The zero-order valence-electron chi connectivity index (χ0n) is 5.64. The Kier molecular flexibility index (Phi) is 7.68. The van der Waals surface area contributed by atoms with Gasteiger partial charge in [-0.2, -0.15) is 0 Å². The van der Waals surface area contributed by atoms with Crippen LogP contribution in [-0.4, -0.2) is 45.9 Å². The van der Waals surface area contributed by atoms with Crippen molar-refractivity contribution < 1.29 is 9.47 Å². The van der Waals surface area contributed by atoms with Crippen LogP contribution < -0.4 is 0 Å². The Morgan fingerprint density at radius 1 is 0.750 bits per heavy atom. The first-order valence-corrected chi connectivity index (χ1v) is 11.2. The first-order valence-electron chi connectivity index (χ1n) is 3.15. The lowest BCUT2D eigenvalue weighted by Crippen LogP contribution is -2.16. The summed E-state index contributed by atoms with van der Waals surface area (Å²) >= 11 is 0. The van der Waals surface area contributed by atoms with E-state index in [1.54, 1.807) is 0 Å². The molecule has 1 aliphatic heterocycles. The zero-order valence-corrected chi connectivity index (χ0v) is 9.64. The summed E-state index contributed by atoms with van der Waals surface area (Å²) in [4.78, 5) is 0. The van der Waals surface area contributed by atoms with Crippen molar-refractivity contribution in [3.8, 4) is 0 Å². The summed E-state index contributed by atoms with van der Waals surface area (Å²) in [7, 11) is 2.89. The third kappa shape index (κ3) is 4.51. The van der Waals surface area contributed by atoms with Crippen LogP contribution in [0.4, 0.5) is 0 Å². The van der Waals surface area contributed by atoms with Gasteiger partial charge >= 0.3 is 0 Å². The van der Waals surface area contributed by atoms with Crippen LogP contribution in [0.25, 0.3) is 0 Å². The largest absolute Gasteiger partial charge is 0.377 e. The Morgan fingerprint density at radius 3 is 1.12 bits per heavy atom. The summed E-state index contributed by atoms with van der Waals surface area (Å²) in [6, 6.07) is 0. The molecule has 0 spiro atoms. The second-order valence-electron chi connectivity index (χ2n) is 1.22. The molecule has 2 nitrogen and oxygen atoms in total. The number of hydrogen-bond acceptors (Lipinski definition) is 2. The summed E-state index contributed by atoms with van der Waals surface area (Å²) in [5.41, 5.74) is 0. The third-order valence-electron chi connectivity index (χ3n) is 0.744. The molecule has 50 valence electrons. The third-order valence-corrected chi connectivity index (χ3v) is 0.744. The first kappa shape index (κ1) is 8.35. The Balaban J connectivity index is 0.000000222. The van der Waals surface area contributed by atoms with Gasteiger partial charge in [0.2, 0.25) is 0 Å². The SMILES string of the molecule is C1COCCO1.[SiH3][SiH3]. The van der Waals surface area contributed by atoms with Crippen LogP contribution >= 0.6 is 0 Å². The van der Waals surface area contributed by atoms with E-state index >= 15 is 0 Å². The summed E-state index contributed by atoms with van der Waals surface area (Å²) in [5.74, 6) is 0. The molecule has 1 aliphatic rings. The van der Waals surface area contributed by atoms with Crippen LogP contribution in [0.1, 0.15) is 0 Å². The highest BCUT2D eigenvalue weighted by Gasteiger charge is 1.94. The van der Waals surface area contributed by atoms with Crippen molar-refractivity contribution in [2.24, 2.45) is 0 Å². The monoisotopic (exact) mass is 150 g/mol. The molecule has 8 heavy (non-hydrogen) atoms. The van der Waals surface area contributed by atoms with Crippen LogP contribution in [0.5, 0.6) is 0 Å². The molecular weight excluding hydrogens is 136 g/mol. The molecule has 0 N–H and O–H groups in total. The smallest absolute Gasteiger partial charge is 0.0701 e. The highest BCUT2D eigenvalue weighted by molar-refractivity contribution is 6.75. The van der Waals surface area contributed by atoms with Crippen LogP contribution in [-0.2, 0) is 9.47 Å². The lowest BCUT2D eigenvalue weighted by Gasteiger charge is -2.09. The van der Waals surface area contributed by atoms with Crippen molar-refractivity contribution in [2.45, 2.75) is 0 Å². The fraction of sp³-hybridized carbons (Fsp3) is 1.00. The first-order chi connectivity index (χ1) is 4.00. The van der Waals surface area contributed by atoms with Gasteiger partial charge in [0.15, 0.2) is 0 Å². The Morgan fingerprint density at radius 2 is 1.00 bits per heavy atom. The minimum Gasteiger partial charge on any atom is -0.377 e. The summed E-state index contributed by atoms with van der Waals surface area (Å²) in [6.45, 7) is 3.11. The van der Waals surface area contributed by atoms with E-state index in [0.717, 1.165) is 26.4 Å². The van der Waals surface area contributed by atoms with Gasteiger partial charge in [-0.1, -0.05) is 0 Å². The van der Waals surface area contributed by atoms with Crippen molar-refractivity contribution in [2.75, 3.05) is 26.4 Å². The molecule has 1 fully saturated rings. The van der Waals surface area contributed by atoms with Crippen LogP contribution in [0, 0.1) is 0 Å². The number of ether oxygens (including phenoxy) is 2. The fourth-order valence-electron chi connectivity index (χ4n) is 0.440. The normalized spacial score (nSPS) is 19.5. The molecule has 0 radical (unpaired) electrons. The maximum absolute atomic E-state index is 4.94. The van der Waals surface area contributed by atoms with Crippen LogP contribution in [0.2, 0.25) is 0 Å².